The van der Waals surface area contributed by atoms with Crippen LogP contribution >= 0.6 is 0 Å². The summed E-state index contributed by atoms with van der Waals surface area (Å²) in [5.41, 5.74) is -0.492. The van der Waals surface area contributed by atoms with Crippen LogP contribution < -0.4 is 5.32 Å². The third kappa shape index (κ3) is 2.17. The van der Waals surface area contributed by atoms with Crippen molar-refractivity contribution in [1.29, 1.82) is 0 Å². The molecule has 2 rings (SSSR count). The van der Waals surface area contributed by atoms with E-state index in [0.29, 0.717) is 5.92 Å². The van der Waals surface area contributed by atoms with Crippen LogP contribution in [0, 0.1) is 5.92 Å². The number of urea groups is 1. The molecule has 4 nitrogen and oxygen atoms in total. The molecule has 0 radical (unpaired) electrons. The number of nitrogens with zero attached hydrogens (tertiary/aromatic N) is 1. The number of carbonyl (C=O) groups excluding carboxylic acids is 2. The minimum atomic E-state index is -0.492. The van der Waals surface area contributed by atoms with Crippen molar-refractivity contribution in [2.24, 2.45) is 5.92 Å². The molecular weight excluding hydrogens is 216 g/mol. The van der Waals surface area contributed by atoms with Crippen LogP contribution in [0.5, 0.6) is 0 Å². The predicted octanol–water partition coefficient (Wildman–Crippen LogP) is 2.29. The fourth-order valence-corrected chi connectivity index (χ4v) is 3.03. The summed E-state index contributed by atoms with van der Waals surface area (Å²) in [6.45, 7) is 5.08. The first-order valence-corrected chi connectivity index (χ1v) is 6.69. The molecule has 0 aromatic rings. The molecule has 1 saturated carbocycles. The third-order valence-electron chi connectivity index (χ3n) is 4.00. The maximum absolute atomic E-state index is 11.9. The lowest BCUT2D eigenvalue weighted by molar-refractivity contribution is -0.126. The first kappa shape index (κ1) is 12.4. The molecule has 2 aliphatic rings. The van der Waals surface area contributed by atoms with Gasteiger partial charge in [0.1, 0.15) is 5.54 Å². The Morgan fingerprint density at radius 3 is 2.53 bits per heavy atom. The molecule has 1 aliphatic heterocycles. The van der Waals surface area contributed by atoms with Crippen molar-refractivity contribution in [3.63, 3.8) is 0 Å². The highest BCUT2D eigenvalue weighted by Crippen LogP contribution is 2.38. The second kappa shape index (κ2) is 4.67. The summed E-state index contributed by atoms with van der Waals surface area (Å²) in [5.74, 6) is 0.584. The second-order valence-corrected chi connectivity index (χ2v) is 5.69. The van der Waals surface area contributed by atoms with Crippen LogP contribution in [0.4, 0.5) is 4.79 Å². The van der Waals surface area contributed by atoms with Crippen LogP contribution in [-0.4, -0.2) is 28.9 Å². The first-order valence-electron chi connectivity index (χ1n) is 6.69. The zero-order valence-electron chi connectivity index (χ0n) is 10.8. The molecule has 0 aromatic carbocycles. The number of carbonyl (C=O) groups is 2. The largest absolute Gasteiger partial charge is 0.325 e. The molecule has 2 fully saturated rings. The van der Waals surface area contributed by atoms with Gasteiger partial charge >= 0.3 is 6.03 Å². The normalized spacial score (nSPS) is 22.9. The maximum Gasteiger partial charge on any atom is 0.325 e. The Hall–Kier alpha value is -1.06. The van der Waals surface area contributed by atoms with Crippen LogP contribution in [0.15, 0.2) is 0 Å². The Morgan fingerprint density at radius 1 is 1.29 bits per heavy atom. The lowest BCUT2D eigenvalue weighted by Crippen LogP contribution is -2.47. The molecule has 0 atom stereocenters. The van der Waals surface area contributed by atoms with E-state index in [1.165, 1.54) is 0 Å². The Kier molecular flexibility index (Phi) is 3.40. The van der Waals surface area contributed by atoms with E-state index >= 15 is 0 Å². The number of hydrogen-bond donors (Lipinski definition) is 1. The second-order valence-electron chi connectivity index (χ2n) is 5.69. The Morgan fingerprint density at radius 2 is 1.94 bits per heavy atom. The van der Waals surface area contributed by atoms with Gasteiger partial charge < -0.3 is 4.90 Å². The highest BCUT2D eigenvalue weighted by molar-refractivity contribution is 6.07. The van der Waals surface area contributed by atoms with E-state index in [2.05, 4.69) is 19.2 Å². The van der Waals surface area contributed by atoms with Crippen molar-refractivity contribution in [2.75, 3.05) is 6.54 Å². The van der Waals surface area contributed by atoms with Gasteiger partial charge in [0.05, 0.1) is 0 Å². The average molecular weight is 238 g/mol. The predicted molar refractivity (Wildman–Crippen MR) is 65.5 cm³/mol. The van der Waals surface area contributed by atoms with Crippen molar-refractivity contribution in [3.8, 4) is 0 Å². The van der Waals surface area contributed by atoms with Crippen molar-refractivity contribution >= 4 is 11.9 Å². The molecule has 1 saturated heterocycles. The molecular formula is C13H22N2O2. The van der Waals surface area contributed by atoms with Crippen LogP contribution in [-0.2, 0) is 4.79 Å². The highest BCUT2D eigenvalue weighted by atomic mass is 16.2. The van der Waals surface area contributed by atoms with E-state index in [4.69, 9.17) is 0 Å². The molecule has 1 heterocycles. The minimum absolute atomic E-state index is 0.0652. The van der Waals surface area contributed by atoms with Crippen molar-refractivity contribution in [3.05, 3.63) is 0 Å². The molecule has 17 heavy (non-hydrogen) atoms. The SMILES string of the molecule is CC(C)CCCN1C(=O)NC(=O)C12CCCC2. The monoisotopic (exact) mass is 238 g/mol. The van der Waals surface area contributed by atoms with E-state index in [1.807, 2.05) is 0 Å². The Balaban J connectivity index is 2.02. The van der Waals surface area contributed by atoms with Crippen LogP contribution in [0.25, 0.3) is 0 Å². The lowest BCUT2D eigenvalue weighted by Gasteiger charge is -2.31. The first-order chi connectivity index (χ1) is 8.06. The zero-order chi connectivity index (χ0) is 12.5. The summed E-state index contributed by atoms with van der Waals surface area (Å²) in [6, 6.07) is -0.180. The van der Waals surface area contributed by atoms with Crippen LogP contribution in [0.2, 0.25) is 0 Å². The molecule has 0 unspecified atom stereocenters. The van der Waals surface area contributed by atoms with Gasteiger partial charge in [-0.15, -0.1) is 0 Å². The van der Waals surface area contributed by atoms with Crippen molar-refractivity contribution in [2.45, 2.75) is 57.9 Å². The molecule has 1 N–H and O–H groups in total. The number of amides is 3. The number of rotatable bonds is 4. The number of imide groups is 1. The topological polar surface area (TPSA) is 49.4 Å². The summed E-state index contributed by atoms with van der Waals surface area (Å²) in [5, 5.41) is 2.49. The molecule has 1 spiro atoms. The van der Waals surface area contributed by atoms with E-state index in [-0.39, 0.29) is 11.9 Å². The maximum atomic E-state index is 11.9. The van der Waals surface area contributed by atoms with E-state index < -0.39 is 5.54 Å². The molecule has 3 amide bonds. The standard InChI is InChI=1S/C13H22N2O2/c1-10(2)6-5-9-15-12(17)14-11(16)13(15)7-3-4-8-13/h10H,3-9H2,1-2H3,(H,14,16,17). The Labute approximate surface area is 103 Å². The van der Waals surface area contributed by atoms with Crippen LogP contribution in [0.1, 0.15) is 52.4 Å². The van der Waals surface area contributed by atoms with E-state index in [0.717, 1.165) is 45.1 Å². The third-order valence-corrected chi connectivity index (χ3v) is 4.00. The molecule has 1 aliphatic carbocycles. The number of nitrogens with one attached hydrogen (secondary N) is 1. The van der Waals surface area contributed by atoms with Crippen molar-refractivity contribution < 1.29 is 9.59 Å². The van der Waals surface area contributed by atoms with Gasteiger partial charge in [-0.2, -0.15) is 0 Å². The quantitative estimate of drug-likeness (QED) is 0.764. The van der Waals surface area contributed by atoms with E-state index in [9.17, 15) is 9.59 Å². The minimum Gasteiger partial charge on any atom is -0.310 e. The highest BCUT2D eigenvalue weighted by Gasteiger charge is 2.53. The zero-order valence-corrected chi connectivity index (χ0v) is 10.8. The summed E-state index contributed by atoms with van der Waals surface area (Å²) >= 11 is 0. The Bertz CT molecular complexity index is 319. The summed E-state index contributed by atoms with van der Waals surface area (Å²) in [7, 11) is 0. The van der Waals surface area contributed by atoms with E-state index in [1.54, 1.807) is 4.90 Å². The molecule has 96 valence electrons. The van der Waals surface area contributed by atoms with Gasteiger partial charge in [0.25, 0.3) is 5.91 Å². The molecule has 0 aromatic heterocycles. The summed E-state index contributed by atoms with van der Waals surface area (Å²) < 4.78 is 0. The summed E-state index contributed by atoms with van der Waals surface area (Å²) in [4.78, 5) is 25.6. The van der Waals surface area contributed by atoms with Gasteiger partial charge in [0, 0.05) is 6.54 Å². The average Bonchev–Trinajstić information content (AvgIpc) is 2.80. The van der Waals surface area contributed by atoms with Gasteiger partial charge in [0.15, 0.2) is 0 Å². The van der Waals surface area contributed by atoms with Crippen molar-refractivity contribution in [1.82, 2.24) is 10.2 Å². The van der Waals surface area contributed by atoms with Gasteiger partial charge in [-0.3, -0.25) is 10.1 Å². The number of hydrogen-bond acceptors (Lipinski definition) is 2. The fourth-order valence-electron chi connectivity index (χ4n) is 3.03. The molecule has 0 bridgehead atoms. The van der Waals surface area contributed by atoms with Gasteiger partial charge in [-0.1, -0.05) is 26.7 Å². The smallest absolute Gasteiger partial charge is 0.310 e. The fraction of sp³-hybridized carbons (Fsp3) is 0.846. The van der Waals surface area contributed by atoms with Gasteiger partial charge in [-0.05, 0) is 31.6 Å². The summed E-state index contributed by atoms with van der Waals surface area (Å²) in [6.07, 6.45) is 5.88. The molecule has 4 heteroatoms. The van der Waals surface area contributed by atoms with Gasteiger partial charge in [0.2, 0.25) is 0 Å². The van der Waals surface area contributed by atoms with Gasteiger partial charge in [-0.25, -0.2) is 4.79 Å². The lowest BCUT2D eigenvalue weighted by atomic mass is 9.95. The van der Waals surface area contributed by atoms with Crippen LogP contribution in [0.3, 0.4) is 0 Å².